The average Bonchev–Trinajstić information content (AvgIpc) is 2.66. The van der Waals surface area contributed by atoms with Crippen LogP contribution in [0, 0.1) is 0 Å². The molecule has 1 aliphatic heterocycles. The van der Waals surface area contributed by atoms with Crippen LogP contribution in [0.25, 0.3) is 10.9 Å². The van der Waals surface area contributed by atoms with Crippen LogP contribution >= 0.6 is 0 Å². The van der Waals surface area contributed by atoms with Gasteiger partial charge in [-0.05, 0) is 18.2 Å². The predicted octanol–water partition coefficient (Wildman–Crippen LogP) is 2.40. The normalized spacial score (nSPS) is 16.1. The average molecular weight is 254 g/mol. The first-order valence-electron chi connectivity index (χ1n) is 5.43. The fraction of sp³-hybridized carbons (Fsp3) is 0.250. The predicted molar refractivity (Wildman–Crippen MR) is 59.3 cm³/mol. The monoisotopic (exact) mass is 254 g/mol. The summed E-state index contributed by atoms with van der Waals surface area (Å²) in [7, 11) is 0. The minimum Gasteiger partial charge on any atom is -0.303 e. The summed E-state index contributed by atoms with van der Waals surface area (Å²) >= 11 is 0. The summed E-state index contributed by atoms with van der Waals surface area (Å²) in [5.41, 5.74) is 0.193. The van der Waals surface area contributed by atoms with E-state index in [0.717, 1.165) is 6.07 Å². The van der Waals surface area contributed by atoms with Crippen LogP contribution in [0.3, 0.4) is 0 Å². The van der Waals surface area contributed by atoms with Crippen LogP contribution in [0.4, 0.5) is 13.2 Å². The van der Waals surface area contributed by atoms with Crippen LogP contribution in [0.15, 0.2) is 24.3 Å². The molecular formula is C12H9F3N2O. The number of aromatic nitrogens is 1. The van der Waals surface area contributed by atoms with E-state index in [9.17, 15) is 18.0 Å². The molecular weight excluding hydrogens is 245 g/mol. The molecule has 94 valence electrons. The van der Waals surface area contributed by atoms with Crippen LogP contribution in [-0.4, -0.2) is 17.0 Å². The summed E-state index contributed by atoms with van der Waals surface area (Å²) in [5.74, 6) is -0.231. The standard InChI is InChI=1S/C12H9F3N2O/c13-12(14,15)9-2-1-3-10-8(9)4-7-5-16-6-11(18)17(7)10/h1-4,16H,5-6H2. The van der Waals surface area contributed by atoms with Gasteiger partial charge in [0.1, 0.15) is 0 Å². The molecule has 2 aromatic rings. The van der Waals surface area contributed by atoms with E-state index in [1.54, 1.807) is 0 Å². The van der Waals surface area contributed by atoms with Gasteiger partial charge in [0, 0.05) is 17.6 Å². The van der Waals surface area contributed by atoms with E-state index in [-0.39, 0.29) is 17.8 Å². The third kappa shape index (κ3) is 1.53. The van der Waals surface area contributed by atoms with Crippen molar-refractivity contribution in [1.82, 2.24) is 9.88 Å². The zero-order chi connectivity index (χ0) is 12.9. The number of nitrogens with zero attached hydrogens (tertiary/aromatic N) is 1. The number of carbonyl (C=O) groups excluding carboxylic acids is 1. The molecule has 18 heavy (non-hydrogen) atoms. The fourth-order valence-corrected chi connectivity index (χ4v) is 2.33. The van der Waals surface area contributed by atoms with Crippen molar-refractivity contribution in [2.24, 2.45) is 0 Å². The van der Waals surface area contributed by atoms with Gasteiger partial charge in [-0.1, -0.05) is 6.07 Å². The number of hydrogen-bond donors (Lipinski definition) is 1. The van der Waals surface area contributed by atoms with Gasteiger partial charge in [0.25, 0.3) is 0 Å². The van der Waals surface area contributed by atoms with Gasteiger partial charge in [-0.15, -0.1) is 0 Å². The van der Waals surface area contributed by atoms with Crippen molar-refractivity contribution in [2.75, 3.05) is 6.54 Å². The number of rotatable bonds is 0. The van der Waals surface area contributed by atoms with Gasteiger partial charge in [0.05, 0.1) is 17.6 Å². The van der Waals surface area contributed by atoms with Crippen molar-refractivity contribution in [3.63, 3.8) is 0 Å². The number of benzene rings is 1. The molecule has 0 bridgehead atoms. The molecule has 0 spiro atoms. The van der Waals surface area contributed by atoms with Gasteiger partial charge in [-0.3, -0.25) is 9.36 Å². The third-order valence-corrected chi connectivity index (χ3v) is 3.06. The molecule has 2 heterocycles. The van der Waals surface area contributed by atoms with Crippen molar-refractivity contribution in [3.8, 4) is 0 Å². The van der Waals surface area contributed by atoms with Crippen molar-refractivity contribution in [1.29, 1.82) is 0 Å². The lowest BCUT2D eigenvalue weighted by Crippen LogP contribution is -2.34. The van der Waals surface area contributed by atoms with Gasteiger partial charge >= 0.3 is 6.18 Å². The van der Waals surface area contributed by atoms with Crippen molar-refractivity contribution < 1.29 is 18.0 Å². The van der Waals surface area contributed by atoms with Gasteiger partial charge < -0.3 is 5.32 Å². The lowest BCUT2D eigenvalue weighted by Gasteiger charge is -2.15. The molecule has 6 heteroatoms. The molecule has 0 saturated heterocycles. The number of carbonyl (C=O) groups is 1. The second-order valence-corrected chi connectivity index (χ2v) is 4.20. The SMILES string of the molecule is O=C1CNCc2cc3c(C(F)(F)F)cccc3n21. The quantitative estimate of drug-likeness (QED) is 0.783. The number of fused-ring (bicyclic) bond motifs is 3. The van der Waals surface area contributed by atoms with E-state index in [2.05, 4.69) is 5.32 Å². The molecule has 0 radical (unpaired) electrons. The first kappa shape index (κ1) is 11.3. The second kappa shape index (κ2) is 3.58. The van der Waals surface area contributed by atoms with Gasteiger partial charge in [-0.25, -0.2) is 0 Å². The van der Waals surface area contributed by atoms with Crippen LogP contribution < -0.4 is 5.32 Å². The highest BCUT2D eigenvalue weighted by Crippen LogP contribution is 2.36. The van der Waals surface area contributed by atoms with Gasteiger partial charge in [0.2, 0.25) is 5.91 Å². The zero-order valence-corrected chi connectivity index (χ0v) is 9.21. The summed E-state index contributed by atoms with van der Waals surface area (Å²) in [6.07, 6.45) is -4.41. The lowest BCUT2D eigenvalue weighted by atomic mass is 10.1. The number of halogens is 3. The highest BCUT2D eigenvalue weighted by molar-refractivity contribution is 5.96. The summed E-state index contributed by atoms with van der Waals surface area (Å²) in [6.45, 7) is 0.546. The lowest BCUT2D eigenvalue weighted by molar-refractivity contribution is -0.136. The number of nitrogens with one attached hydrogen (secondary N) is 1. The Morgan fingerprint density at radius 2 is 2.00 bits per heavy atom. The van der Waals surface area contributed by atoms with Crippen LogP contribution in [0.5, 0.6) is 0 Å². The van der Waals surface area contributed by atoms with Crippen LogP contribution in [0.1, 0.15) is 16.1 Å². The first-order valence-corrected chi connectivity index (χ1v) is 5.43. The van der Waals surface area contributed by atoms with E-state index in [4.69, 9.17) is 0 Å². The van der Waals surface area contributed by atoms with E-state index in [1.165, 1.54) is 22.8 Å². The van der Waals surface area contributed by atoms with Crippen molar-refractivity contribution >= 4 is 16.8 Å². The minimum absolute atomic E-state index is 0.0806. The highest BCUT2D eigenvalue weighted by atomic mass is 19.4. The molecule has 0 saturated carbocycles. The molecule has 1 aliphatic rings. The van der Waals surface area contributed by atoms with Gasteiger partial charge in [-0.2, -0.15) is 13.2 Å². The first-order chi connectivity index (χ1) is 8.48. The maximum Gasteiger partial charge on any atom is 0.417 e. The third-order valence-electron chi connectivity index (χ3n) is 3.06. The Balaban J connectivity index is 2.35. The minimum atomic E-state index is -4.41. The van der Waals surface area contributed by atoms with E-state index in [0.29, 0.717) is 17.8 Å². The van der Waals surface area contributed by atoms with Crippen LogP contribution in [0.2, 0.25) is 0 Å². The molecule has 1 N–H and O–H groups in total. The van der Waals surface area contributed by atoms with E-state index >= 15 is 0 Å². The highest BCUT2D eigenvalue weighted by Gasteiger charge is 2.34. The summed E-state index contributed by atoms with van der Waals surface area (Å²) in [5, 5.41) is 2.94. The Hall–Kier alpha value is -1.82. The molecule has 3 rings (SSSR count). The molecule has 0 fully saturated rings. The van der Waals surface area contributed by atoms with E-state index < -0.39 is 11.7 Å². The molecule has 3 nitrogen and oxygen atoms in total. The maximum atomic E-state index is 12.9. The van der Waals surface area contributed by atoms with E-state index in [1.807, 2.05) is 0 Å². The topological polar surface area (TPSA) is 34.0 Å². The molecule has 1 aromatic carbocycles. The van der Waals surface area contributed by atoms with Crippen molar-refractivity contribution in [3.05, 3.63) is 35.5 Å². The van der Waals surface area contributed by atoms with Crippen molar-refractivity contribution in [2.45, 2.75) is 12.7 Å². The Labute approximate surface area is 100 Å². The Bertz CT molecular complexity index is 643. The molecule has 0 aliphatic carbocycles. The largest absolute Gasteiger partial charge is 0.417 e. The zero-order valence-electron chi connectivity index (χ0n) is 9.21. The molecule has 1 aromatic heterocycles. The molecule has 0 unspecified atom stereocenters. The molecule has 0 atom stereocenters. The molecule has 0 amide bonds. The second-order valence-electron chi connectivity index (χ2n) is 4.20. The maximum absolute atomic E-state index is 12.9. The summed E-state index contributed by atoms with van der Waals surface area (Å²) in [4.78, 5) is 11.7. The number of alkyl halides is 3. The Morgan fingerprint density at radius 3 is 2.72 bits per heavy atom. The smallest absolute Gasteiger partial charge is 0.303 e. The van der Waals surface area contributed by atoms with Gasteiger partial charge in [0.15, 0.2) is 0 Å². The van der Waals surface area contributed by atoms with Crippen LogP contribution in [-0.2, 0) is 12.7 Å². The Morgan fingerprint density at radius 1 is 1.22 bits per heavy atom. The number of hydrogen-bond acceptors (Lipinski definition) is 2. The summed E-state index contributed by atoms with van der Waals surface area (Å²) < 4.78 is 40.0. The Kier molecular flexibility index (Phi) is 2.25. The fourth-order valence-electron chi connectivity index (χ4n) is 2.33. The summed E-state index contributed by atoms with van der Waals surface area (Å²) in [6, 6.07) is 5.33.